The quantitative estimate of drug-likeness (QED) is 0.711. The van der Waals surface area contributed by atoms with Crippen LogP contribution in [0.15, 0.2) is 0 Å². The Balaban J connectivity index is 4.97. The molecule has 0 radical (unpaired) electrons. The van der Waals surface area contributed by atoms with E-state index in [9.17, 15) is 9.59 Å². The Kier molecular flexibility index (Phi) is 6.36. The van der Waals surface area contributed by atoms with Crippen molar-refractivity contribution in [3.05, 3.63) is 0 Å². The lowest BCUT2D eigenvalue weighted by Gasteiger charge is -2.33. The van der Waals surface area contributed by atoms with Crippen LogP contribution < -0.4 is 0 Å². The van der Waals surface area contributed by atoms with E-state index in [-0.39, 0.29) is 5.92 Å². The van der Waals surface area contributed by atoms with Gasteiger partial charge in [-0.05, 0) is 32.6 Å². The van der Waals surface area contributed by atoms with Gasteiger partial charge in [-0.1, -0.05) is 27.7 Å². The van der Waals surface area contributed by atoms with E-state index in [0.717, 1.165) is 6.29 Å². The first-order valence-corrected chi connectivity index (χ1v) is 6.53. The molecule has 18 heavy (non-hydrogen) atoms. The third-order valence-corrected chi connectivity index (χ3v) is 2.37. The van der Waals surface area contributed by atoms with Crippen LogP contribution in [0.4, 0.5) is 4.79 Å². The second-order valence-corrected chi connectivity index (χ2v) is 6.40. The first kappa shape index (κ1) is 16.9. The Hall–Kier alpha value is -1.06. The van der Waals surface area contributed by atoms with E-state index in [4.69, 9.17) is 4.74 Å². The number of ether oxygens (including phenoxy) is 1. The van der Waals surface area contributed by atoms with Gasteiger partial charge in [0.05, 0.1) is 6.04 Å². The smallest absolute Gasteiger partial charge is 0.410 e. The number of carbonyl (C=O) groups excluding carboxylic acids is 2. The molecule has 1 atom stereocenters. The van der Waals surface area contributed by atoms with Gasteiger partial charge >= 0.3 is 6.09 Å². The van der Waals surface area contributed by atoms with Gasteiger partial charge in [0.1, 0.15) is 11.9 Å². The summed E-state index contributed by atoms with van der Waals surface area (Å²) in [6.07, 6.45) is 0.416. The lowest BCUT2D eigenvalue weighted by molar-refractivity contribution is -0.114. The fourth-order valence-corrected chi connectivity index (χ4v) is 1.62. The van der Waals surface area contributed by atoms with Crippen molar-refractivity contribution in [1.82, 2.24) is 4.90 Å². The van der Waals surface area contributed by atoms with Gasteiger partial charge < -0.3 is 9.53 Å². The zero-order chi connectivity index (χ0) is 14.5. The van der Waals surface area contributed by atoms with Crippen LogP contribution in [0.1, 0.15) is 48.5 Å². The molecule has 0 saturated carbocycles. The molecule has 0 aromatic carbocycles. The lowest BCUT2D eigenvalue weighted by Crippen LogP contribution is -2.48. The molecule has 0 spiro atoms. The van der Waals surface area contributed by atoms with E-state index >= 15 is 0 Å². The molecular formula is C14H27NO3. The monoisotopic (exact) mass is 257 g/mol. The van der Waals surface area contributed by atoms with Gasteiger partial charge in [0.25, 0.3) is 0 Å². The number of carbonyl (C=O) groups is 2. The fraction of sp³-hybridized carbons (Fsp3) is 0.857. The van der Waals surface area contributed by atoms with E-state index in [1.54, 1.807) is 0 Å². The van der Waals surface area contributed by atoms with Crippen molar-refractivity contribution in [2.45, 2.75) is 60.1 Å². The maximum absolute atomic E-state index is 12.1. The van der Waals surface area contributed by atoms with Crippen LogP contribution in [0.3, 0.4) is 0 Å². The molecule has 4 nitrogen and oxygen atoms in total. The van der Waals surface area contributed by atoms with Crippen LogP contribution >= 0.6 is 0 Å². The minimum absolute atomic E-state index is 0.0776. The number of aldehydes is 1. The van der Waals surface area contributed by atoms with Crippen molar-refractivity contribution in [3.63, 3.8) is 0 Å². The zero-order valence-corrected chi connectivity index (χ0v) is 12.7. The van der Waals surface area contributed by atoms with Crippen molar-refractivity contribution >= 4 is 12.4 Å². The van der Waals surface area contributed by atoms with Crippen LogP contribution in [0, 0.1) is 11.8 Å². The van der Waals surface area contributed by atoms with Gasteiger partial charge in [0.2, 0.25) is 0 Å². The molecule has 1 amide bonds. The van der Waals surface area contributed by atoms with E-state index in [0.29, 0.717) is 12.5 Å². The molecule has 4 heteroatoms. The summed E-state index contributed by atoms with van der Waals surface area (Å²) in [6.45, 7) is 13.9. The summed E-state index contributed by atoms with van der Waals surface area (Å²) in [4.78, 5) is 24.9. The molecule has 106 valence electrons. The van der Waals surface area contributed by atoms with E-state index < -0.39 is 17.7 Å². The maximum atomic E-state index is 12.1. The van der Waals surface area contributed by atoms with Crippen molar-refractivity contribution < 1.29 is 14.3 Å². The number of amides is 1. The van der Waals surface area contributed by atoms with E-state index in [1.165, 1.54) is 4.90 Å². The minimum atomic E-state index is -0.545. The van der Waals surface area contributed by atoms with Crippen LogP contribution in [-0.2, 0) is 9.53 Å². The fourth-order valence-electron chi connectivity index (χ4n) is 1.62. The van der Waals surface area contributed by atoms with Crippen LogP contribution in [0.25, 0.3) is 0 Å². The van der Waals surface area contributed by atoms with Gasteiger partial charge in [0, 0.05) is 6.54 Å². The molecule has 0 aliphatic heterocycles. The highest BCUT2D eigenvalue weighted by Crippen LogP contribution is 2.16. The molecule has 0 aromatic rings. The molecule has 0 aliphatic rings. The summed E-state index contributed by atoms with van der Waals surface area (Å²) in [5.41, 5.74) is -0.545. The van der Waals surface area contributed by atoms with Gasteiger partial charge in [-0.15, -0.1) is 0 Å². The standard InChI is InChI=1S/C14H27NO3/c1-10(2)8-15(12(9-16)11(3)4)13(17)18-14(5,6)7/h9-12H,8H2,1-7H3. The summed E-state index contributed by atoms with van der Waals surface area (Å²) in [5.74, 6) is 0.368. The third kappa shape index (κ3) is 6.03. The summed E-state index contributed by atoms with van der Waals surface area (Å²) in [7, 11) is 0. The normalized spacial score (nSPS) is 13.6. The van der Waals surface area contributed by atoms with Gasteiger partial charge in [-0.25, -0.2) is 4.79 Å². The maximum Gasteiger partial charge on any atom is 0.410 e. The van der Waals surface area contributed by atoms with E-state index in [2.05, 4.69) is 0 Å². The Bertz CT molecular complexity index is 279. The van der Waals surface area contributed by atoms with Crippen molar-refractivity contribution in [2.75, 3.05) is 6.54 Å². The first-order chi connectivity index (χ1) is 8.08. The molecule has 0 heterocycles. The Morgan fingerprint density at radius 2 is 1.72 bits per heavy atom. The van der Waals surface area contributed by atoms with Crippen LogP contribution in [-0.4, -0.2) is 35.5 Å². The molecule has 0 fully saturated rings. The molecular weight excluding hydrogens is 230 g/mol. The number of hydrogen-bond acceptors (Lipinski definition) is 3. The Labute approximate surface area is 111 Å². The van der Waals surface area contributed by atoms with E-state index in [1.807, 2.05) is 48.5 Å². The van der Waals surface area contributed by atoms with Crippen LogP contribution in [0.2, 0.25) is 0 Å². The molecule has 0 saturated heterocycles. The van der Waals surface area contributed by atoms with Gasteiger partial charge in [-0.3, -0.25) is 4.90 Å². The predicted molar refractivity (Wildman–Crippen MR) is 72.5 cm³/mol. The number of nitrogens with zero attached hydrogens (tertiary/aromatic N) is 1. The largest absolute Gasteiger partial charge is 0.444 e. The molecule has 0 rings (SSSR count). The third-order valence-electron chi connectivity index (χ3n) is 2.37. The average Bonchev–Trinajstić information content (AvgIpc) is 2.13. The van der Waals surface area contributed by atoms with Crippen LogP contribution in [0.5, 0.6) is 0 Å². The minimum Gasteiger partial charge on any atom is -0.444 e. The summed E-state index contributed by atoms with van der Waals surface area (Å²) in [6, 6.07) is -0.428. The summed E-state index contributed by atoms with van der Waals surface area (Å²) < 4.78 is 5.36. The lowest BCUT2D eigenvalue weighted by atomic mass is 10.0. The highest BCUT2D eigenvalue weighted by atomic mass is 16.6. The molecule has 1 unspecified atom stereocenters. The van der Waals surface area contributed by atoms with Gasteiger partial charge in [-0.2, -0.15) is 0 Å². The summed E-state index contributed by atoms with van der Waals surface area (Å²) in [5, 5.41) is 0. The van der Waals surface area contributed by atoms with Crippen molar-refractivity contribution in [2.24, 2.45) is 11.8 Å². The Morgan fingerprint density at radius 1 is 1.22 bits per heavy atom. The Morgan fingerprint density at radius 3 is 2.00 bits per heavy atom. The second-order valence-electron chi connectivity index (χ2n) is 6.40. The number of hydrogen-bond donors (Lipinski definition) is 0. The molecule has 0 bridgehead atoms. The molecule has 0 N–H and O–H groups in total. The zero-order valence-electron chi connectivity index (χ0n) is 12.7. The number of rotatable bonds is 5. The predicted octanol–water partition coefficient (Wildman–Crippen LogP) is 3.10. The molecule has 0 aromatic heterocycles. The van der Waals surface area contributed by atoms with Crippen molar-refractivity contribution in [3.8, 4) is 0 Å². The second kappa shape index (κ2) is 6.76. The highest BCUT2D eigenvalue weighted by molar-refractivity contribution is 5.74. The van der Waals surface area contributed by atoms with Crippen molar-refractivity contribution in [1.29, 1.82) is 0 Å². The molecule has 0 aliphatic carbocycles. The first-order valence-electron chi connectivity index (χ1n) is 6.53. The highest BCUT2D eigenvalue weighted by Gasteiger charge is 2.30. The average molecular weight is 257 g/mol. The SMILES string of the molecule is CC(C)CN(C(=O)OC(C)(C)C)C(C=O)C(C)C. The van der Waals surface area contributed by atoms with Gasteiger partial charge in [0.15, 0.2) is 0 Å². The topological polar surface area (TPSA) is 46.6 Å². The summed E-state index contributed by atoms with van der Waals surface area (Å²) >= 11 is 0.